The first-order chi connectivity index (χ1) is 9.33. The average Bonchev–Trinajstić information content (AvgIpc) is 2.77. The second-order valence-electron chi connectivity index (χ2n) is 4.71. The van der Waals surface area contributed by atoms with Gasteiger partial charge >= 0.3 is 0 Å². The minimum Gasteiger partial charge on any atom is -0.397 e. The Labute approximate surface area is 118 Å². The van der Waals surface area contributed by atoms with Crippen LogP contribution in [0, 0.1) is 13.8 Å². The fourth-order valence-corrected chi connectivity index (χ4v) is 3.40. The lowest BCUT2D eigenvalue weighted by atomic mass is 10.1. The molecule has 20 heavy (non-hydrogen) atoms. The lowest BCUT2D eigenvalue weighted by Crippen LogP contribution is -2.26. The highest BCUT2D eigenvalue weighted by molar-refractivity contribution is 7.89. The molecule has 0 radical (unpaired) electrons. The predicted molar refractivity (Wildman–Crippen MR) is 77.6 cm³/mol. The number of rotatable bonds is 4. The van der Waals surface area contributed by atoms with Crippen LogP contribution in [0.5, 0.6) is 0 Å². The third-order valence-corrected chi connectivity index (χ3v) is 4.85. The van der Waals surface area contributed by atoms with Crippen LogP contribution in [0.1, 0.15) is 16.8 Å². The van der Waals surface area contributed by atoms with Gasteiger partial charge in [-0.05, 0) is 31.0 Å². The molecular weight excluding hydrogens is 276 g/mol. The van der Waals surface area contributed by atoms with Gasteiger partial charge in [-0.1, -0.05) is 12.1 Å². The standard InChI is InChI=1S/C13H18N4O2S/c1-9-4-5-10(2)13(12(9)14)20(18,19)16-8-11-6-7-15-17(11)3/h4-7,16H,8,14H2,1-3H3. The van der Waals surface area contributed by atoms with E-state index < -0.39 is 10.0 Å². The van der Waals surface area contributed by atoms with Crippen LogP contribution in [0.25, 0.3) is 0 Å². The molecule has 1 aromatic carbocycles. The lowest BCUT2D eigenvalue weighted by Gasteiger charge is -2.13. The third kappa shape index (κ3) is 2.68. The topological polar surface area (TPSA) is 90.0 Å². The molecule has 0 aliphatic heterocycles. The van der Waals surface area contributed by atoms with Crippen LogP contribution in [-0.4, -0.2) is 18.2 Å². The largest absolute Gasteiger partial charge is 0.397 e. The van der Waals surface area contributed by atoms with Crippen LogP contribution in [0.15, 0.2) is 29.3 Å². The molecule has 0 bridgehead atoms. The van der Waals surface area contributed by atoms with Gasteiger partial charge in [0, 0.05) is 13.2 Å². The number of anilines is 1. The number of benzene rings is 1. The van der Waals surface area contributed by atoms with Gasteiger partial charge in [0.1, 0.15) is 4.90 Å². The SMILES string of the molecule is Cc1ccc(C)c(S(=O)(=O)NCc2ccnn2C)c1N. The van der Waals surface area contributed by atoms with Gasteiger partial charge in [0.2, 0.25) is 10.0 Å². The molecule has 3 N–H and O–H groups in total. The average molecular weight is 294 g/mol. The summed E-state index contributed by atoms with van der Waals surface area (Å²) >= 11 is 0. The maximum atomic E-state index is 12.4. The molecule has 2 rings (SSSR count). The van der Waals surface area contributed by atoms with E-state index in [1.165, 1.54) is 0 Å². The van der Waals surface area contributed by atoms with Gasteiger partial charge in [-0.25, -0.2) is 13.1 Å². The van der Waals surface area contributed by atoms with Crippen molar-refractivity contribution in [1.29, 1.82) is 0 Å². The van der Waals surface area contributed by atoms with E-state index >= 15 is 0 Å². The van der Waals surface area contributed by atoms with Crippen molar-refractivity contribution in [3.05, 3.63) is 41.2 Å². The van der Waals surface area contributed by atoms with Crippen molar-refractivity contribution in [2.75, 3.05) is 5.73 Å². The summed E-state index contributed by atoms with van der Waals surface area (Å²) in [5.74, 6) is 0. The Hall–Kier alpha value is -1.86. The Morgan fingerprint density at radius 1 is 1.25 bits per heavy atom. The molecule has 0 aliphatic carbocycles. The van der Waals surface area contributed by atoms with Gasteiger partial charge in [0.05, 0.1) is 17.9 Å². The molecule has 0 atom stereocenters. The molecule has 0 spiro atoms. The molecule has 1 aromatic heterocycles. The van der Waals surface area contributed by atoms with Crippen LogP contribution in [0.2, 0.25) is 0 Å². The molecular formula is C13H18N4O2S. The number of hydrogen-bond acceptors (Lipinski definition) is 4. The zero-order valence-electron chi connectivity index (χ0n) is 11.7. The van der Waals surface area contributed by atoms with Gasteiger partial charge in [-0.2, -0.15) is 5.10 Å². The predicted octanol–water partition coefficient (Wildman–Crippen LogP) is 1.10. The summed E-state index contributed by atoms with van der Waals surface area (Å²) in [4.78, 5) is 0.152. The minimum absolute atomic E-state index is 0.152. The molecule has 0 saturated heterocycles. The van der Waals surface area contributed by atoms with E-state index in [9.17, 15) is 8.42 Å². The van der Waals surface area contributed by atoms with Gasteiger partial charge < -0.3 is 5.73 Å². The number of aromatic nitrogens is 2. The summed E-state index contributed by atoms with van der Waals surface area (Å²) in [5.41, 5.74) is 8.36. The zero-order valence-corrected chi connectivity index (χ0v) is 12.5. The monoisotopic (exact) mass is 294 g/mol. The summed E-state index contributed by atoms with van der Waals surface area (Å²) in [6, 6.07) is 5.32. The van der Waals surface area contributed by atoms with E-state index in [0.29, 0.717) is 11.3 Å². The zero-order chi connectivity index (χ0) is 14.9. The Bertz CT molecular complexity index is 735. The van der Waals surface area contributed by atoms with Crippen LogP contribution in [0.3, 0.4) is 0 Å². The van der Waals surface area contributed by atoms with E-state index in [4.69, 9.17) is 5.73 Å². The van der Waals surface area contributed by atoms with Gasteiger partial charge in [0.25, 0.3) is 0 Å². The first-order valence-electron chi connectivity index (χ1n) is 6.15. The highest BCUT2D eigenvalue weighted by Gasteiger charge is 2.21. The Kier molecular flexibility index (Phi) is 3.82. The number of nitrogens with zero attached hydrogens (tertiary/aromatic N) is 2. The summed E-state index contributed by atoms with van der Waals surface area (Å²) in [5, 5.41) is 4.00. The number of sulfonamides is 1. The van der Waals surface area contributed by atoms with Crippen LogP contribution < -0.4 is 10.5 Å². The third-order valence-electron chi connectivity index (χ3n) is 3.25. The van der Waals surface area contributed by atoms with Crippen molar-refractivity contribution in [3.8, 4) is 0 Å². The fourth-order valence-electron chi connectivity index (χ4n) is 1.98. The van der Waals surface area contributed by atoms with Crippen molar-refractivity contribution >= 4 is 15.7 Å². The first-order valence-corrected chi connectivity index (χ1v) is 7.63. The Morgan fingerprint density at radius 3 is 2.50 bits per heavy atom. The molecule has 0 amide bonds. The highest BCUT2D eigenvalue weighted by Crippen LogP contribution is 2.25. The van der Waals surface area contributed by atoms with E-state index in [2.05, 4.69) is 9.82 Å². The van der Waals surface area contributed by atoms with Crippen molar-refractivity contribution < 1.29 is 8.42 Å². The number of aryl methyl sites for hydroxylation is 3. The molecule has 0 fully saturated rings. The van der Waals surface area contributed by atoms with Crippen molar-refractivity contribution in [2.45, 2.75) is 25.3 Å². The fraction of sp³-hybridized carbons (Fsp3) is 0.308. The Balaban J connectivity index is 2.32. The van der Waals surface area contributed by atoms with E-state index in [1.807, 2.05) is 6.07 Å². The minimum atomic E-state index is -3.65. The lowest BCUT2D eigenvalue weighted by molar-refractivity contribution is 0.577. The van der Waals surface area contributed by atoms with Crippen LogP contribution in [-0.2, 0) is 23.6 Å². The molecule has 7 heteroatoms. The molecule has 6 nitrogen and oxygen atoms in total. The second-order valence-corrected chi connectivity index (χ2v) is 6.42. The Morgan fingerprint density at radius 2 is 1.90 bits per heavy atom. The number of nitrogens with two attached hydrogens (primary N) is 1. The highest BCUT2D eigenvalue weighted by atomic mass is 32.2. The van der Waals surface area contributed by atoms with Gasteiger partial charge in [0.15, 0.2) is 0 Å². The second kappa shape index (κ2) is 5.26. The normalized spacial score (nSPS) is 11.8. The van der Waals surface area contributed by atoms with Crippen molar-refractivity contribution in [1.82, 2.24) is 14.5 Å². The number of nitrogens with one attached hydrogen (secondary N) is 1. The van der Waals surface area contributed by atoms with Gasteiger partial charge in [-0.15, -0.1) is 0 Å². The molecule has 1 heterocycles. The maximum Gasteiger partial charge on any atom is 0.243 e. The van der Waals surface area contributed by atoms with E-state index in [1.54, 1.807) is 43.9 Å². The van der Waals surface area contributed by atoms with Crippen molar-refractivity contribution in [2.24, 2.45) is 7.05 Å². The van der Waals surface area contributed by atoms with Crippen molar-refractivity contribution in [3.63, 3.8) is 0 Å². The van der Waals surface area contributed by atoms with E-state index in [0.717, 1.165) is 11.3 Å². The molecule has 0 saturated carbocycles. The number of nitrogen functional groups attached to an aromatic ring is 1. The van der Waals surface area contributed by atoms with Gasteiger partial charge in [-0.3, -0.25) is 4.68 Å². The molecule has 108 valence electrons. The quantitative estimate of drug-likeness (QED) is 0.826. The summed E-state index contributed by atoms with van der Waals surface area (Å²) < 4.78 is 29.0. The summed E-state index contributed by atoms with van der Waals surface area (Å²) in [7, 11) is -1.89. The molecule has 0 aliphatic rings. The van der Waals surface area contributed by atoms with Crippen LogP contribution in [0.4, 0.5) is 5.69 Å². The maximum absolute atomic E-state index is 12.4. The smallest absolute Gasteiger partial charge is 0.243 e. The first kappa shape index (κ1) is 14.5. The molecule has 2 aromatic rings. The van der Waals surface area contributed by atoms with Crippen LogP contribution >= 0.6 is 0 Å². The summed E-state index contributed by atoms with van der Waals surface area (Å²) in [6.07, 6.45) is 1.62. The summed E-state index contributed by atoms with van der Waals surface area (Å²) in [6.45, 7) is 3.69. The van der Waals surface area contributed by atoms with E-state index in [-0.39, 0.29) is 11.4 Å². The number of hydrogen-bond donors (Lipinski definition) is 2. The molecule has 0 unspecified atom stereocenters.